The third kappa shape index (κ3) is 3.13. The number of halogens is 1. The molecule has 0 atom stereocenters. The molecule has 0 unspecified atom stereocenters. The molecule has 1 aromatic rings. The van der Waals surface area contributed by atoms with Gasteiger partial charge < -0.3 is 4.74 Å². The number of ketones is 1. The molecule has 0 amide bonds. The van der Waals surface area contributed by atoms with E-state index in [2.05, 4.69) is 0 Å². The van der Waals surface area contributed by atoms with Gasteiger partial charge in [-0.25, -0.2) is 4.39 Å². The highest BCUT2D eigenvalue weighted by Gasteiger charge is 2.23. The van der Waals surface area contributed by atoms with Crippen LogP contribution in [0.15, 0.2) is 24.3 Å². The molecule has 0 N–H and O–H groups in total. The van der Waals surface area contributed by atoms with Gasteiger partial charge in [0.2, 0.25) is 0 Å². The van der Waals surface area contributed by atoms with Gasteiger partial charge in [0, 0.05) is 13.5 Å². The normalized spacial score (nSPS) is 11.5. The van der Waals surface area contributed by atoms with Crippen molar-refractivity contribution in [2.24, 2.45) is 0 Å². The molecule has 15 heavy (non-hydrogen) atoms. The molecule has 1 rings (SSSR count). The molecule has 0 aromatic heterocycles. The highest BCUT2D eigenvalue weighted by atomic mass is 19.1. The summed E-state index contributed by atoms with van der Waals surface area (Å²) in [5.41, 5.74) is -0.429. The SMILES string of the molecule is COC(C)(C)CC(=O)c1ccccc1F. The summed E-state index contributed by atoms with van der Waals surface area (Å²) >= 11 is 0. The summed E-state index contributed by atoms with van der Waals surface area (Å²) in [6.45, 7) is 3.59. The molecule has 0 radical (unpaired) electrons. The maximum Gasteiger partial charge on any atom is 0.168 e. The number of benzene rings is 1. The van der Waals surface area contributed by atoms with Crippen molar-refractivity contribution in [3.8, 4) is 0 Å². The van der Waals surface area contributed by atoms with E-state index in [1.807, 2.05) is 0 Å². The minimum Gasteiger partial charge on any atom is -0.378 e. The zero-order valence-electron chi connectivity index (χ0n) is 9.21. The monoisotopic (exact) mass is 210 g/mol. The van der Waals surface area contributed by atoms with Crippen LogP contribution >= 0.6 is 0 Å². The van der Waals surface area contributed by atoms with E-state index in [4.69, 9.17) is 4.74 Å². The number of carbonyl (C=O) groups excluding carboxylic acids is 1. The average molecular weight is 210 g/mol. The third-order valence-electron chi connectivity index (χ3n) is 2.31. The summed E-state index contributed by atoms with van der Waals surface area (Å²) in [4.78, 5) is 11.7. The molecule has 0 heterocycles. The van der Waals surface area contributed by atoms with Crippen LogP contribution in [-0.4, -0.2) is 18.5 Å². The van der Waals surface area contributed by atoms with Crippen molar-refractivity contribution in [2.75, 3.05) is 7.11 Å². The van der Waals surface area contributed by atoms with E-state index in [0.29, 0.717) is 0 Å². The number of hydrogen-bond acceptors (Lipinski definition) is 2. The lowest BCUT2D eigenvalue weighted by Crippen LogP contribution is -2.26. The number of methoxy groups -OCH3 is 1. The van der Waals surface area contributed by atoms with Crippen molar-refractivity contribution in [3.63, 3.8) is 0 Å². The van der Waals surface area contributed by atoms with Gasteiger partial charge in [0.15, 0.2) is 5.78 Å². The predicted molar refractivity (Wildman–Crippen MR) is 56.4 cm³/mol. The molecule has 0 aliphatic heterocycles. The lowest BCUT2D eigenvalue weighted by Gasteiger charge is -2.21. The van der Waals surface area contributed by atoms with Crippen LogP contribution in [0.3, 0.4) is 0 Å². The number of rotatable bonds is 4. The van der Waals surface area contributed by atoms with E-state index in [1.54, 1.807) is 26.0 Å². The van der Waals surface area contributed by atoms with Gasteiger partial charge in [-0.05, 0) is 26.0 Å². The Bertz CT molecular complexity index is 358. The molecule has 0 fully saturated rings. The second-order valence-electron chi connectivity index (χ2n) is 4.04. The molecule has 0 aliphatic rings. The number of Topliss-reactive ketones (excluding diaryl/α,β-unsaturated/α-hetero) is 1. The van der Waals surface area contributed by atoms with Gasteiger partial charge in [0.05, 0.1) is 11.2 Å². The van der Waals surface area contributed by atoms with E-state index in [9.17, 15) is 9.18 Å². The van der Waals surface area contributed by atoms with Crippen molar-refractivity contribution in [3.05, 3.63) is 35.6 Å². The smallest absolute Gasteiger partial charge is 0.168 e. The lowest BCUT2D eigenvalue weighted by molar-refractivity contribution is 0.0171. The Kier molecular flexibility index (Phi) is 3.58. The Labute approximate surface area is 89.1 Å². The second-order valence-corrected chi connectivity index (χ2v) is 4.04. The zero-order chi connectivity index (χ0) is 11.5. The fourth-order valence-corrected chi connectivity index (χ4v) is 1.24. The summed E-state index contributed by atoms with van der Waals surface area (Å²) in [7, 11) is 1.54. The van der Waals surface area contributed by atoms with E-state index < -0.39 is 11.4 Å². The number of ether oxygens (including phenoxy) is 1. The summed E-state index contributed by atoms with van der Waals surface area (Å²) in [5, 5.41) is 0. The first-order chi connectivity index (χ1) is 6.96. The largest absolute Gasteiger partial charge is 0.378 e. The van der Waals surface area contributed by atoms with Gasteiger partial charge in [-0.1, -0.05) is 12.1 Å². The minimum absolute atomic E-state index is 0.127. The average Bonchev–Trinajstić information content (AvgIpc) is 2.17. The van der Waals surface area contributed by atoms with Gasteiger partial charge in [-0.15, -0.1) is 0 Å². The fraction of sp³-hybridized carbons (Fsp3) is 0.417. The first-order valence-electron chi connectivity index (χ1n) is 4.79. The van der Waals surface area contributed by atoms with Gasteiger partial charge >= 0.3 is 0 Å². The zero-order valence-corrected chi connectivity index (χ0v) is 9.21. The summed E-state index contributed by atoms with van der Waals surface area (Å²) in [6, 6.07) is 5.99. The first-order valence-corrected chi connectivity index (χ1v) is 4.79. The van der Waals surface area contributed by atoms with Crippen LogP contribution in [0.25, 0.3) is 0 Å². The number of hydrogen-bond donors (Lipinski definition) is 0. The van der Waals surface area contributed by atoms with Crippen LogP contribution < -0.4 is 0 Å². The lowest BCUT2D eigenvalue weighted by atomic mass is 9.97. The molecule has 0 saturated carbocycles. The van der Waals surface area contributed by atoms with Gasteiger partial charge in [0.25, 0.3) is 0 Å². The third-order valence-corrected chi connectivity index (χ3v) is 2.31. The molecule has 3 heteroatoms. The van der Waals surface area contributed by atoms with Crippen LogP contribution in [0, 0.1) is 5.82 Å². The maximum atomic E-state index is 13.3. The Morgan fingerprint density at radius 2 is 2.00 bits per heavy atom. The molecule has 0 saturated heterocycles. The topological polar surface area (TPSA) is 26.3 Å². The second kappa shape index (κ2) is 4.53. The molecular formula is C12H15FO2. The molecule has 0 bridgehead atoms. The minimum atomic E-state index is -0.556. The molecule has 0 spiro atoms. The van der Waals surface area contributed by atoms with E-state index >= 15 is 0 Å². The Morgan fingerprint density at radius 3 is 2.53 bits per heavy atom. The molecular weight excluding hydrogens is 195 g/mol. The van der Waals surface area contributed by atoms with Crippen LogP contribution in [0.4, 0.5) is 4.39 Å². The van der Waals surface area contributed by atoms with Gasteiger partial charge in [-0.3, -0.25) is 4.79 Å². The van der Waals surface area contributed by atoms with Crippen LogP contribution in [0.5, 0.6) is 0 Å². The summed E-state index contributed by atoms with van der Waals surface area (Å²) < 4.78 is 18.4. The maximum absolute atomic E-state index is 13.3. The first kappa shape index (κ1) is 11.9. The van der Waals surface area contributed by atoms with Crippen LogP contribution in [0.2, 0.25) is 0 Å². The van der Waals surface area contributed by atoms with Crippen molar-refractivity contribution in [1.29, 1.82) is 0 Å². The molecule has 2 nitrogen and oxygen atoms in total. The van der Waals surface area contributed by atoms with E-state index in [-0.39, 0.29) is 17.8 Å². The van der Waals surface area contributed by atoms with E-state index in [0.717, 1.165) is 0 Å². The summed E-state index contributed by atoms with van der Waals surface area (Å²) in [5.74, 6) is -0.714. The van der Waals surface area contributed by atoms with Crippen molar-refractivity contribution in [1.82, 2.24) is 0 Å². The Morgan fingerprint density at radius 1 is 1.40 bits per heavy atom. The van der Waals surface area contributed by atoms with Crippen molar-refractivity contribution < 1.29 is 13.9 Å². The standard InChI is InChI=1S/C12H15FO2/c1-12(2,15-3)8-11(14)9-6-4-5-7-10(9)13/h4-7H,8H2,1-3H3. The summed E-state index contributed by atoms with van der Waals surface area (Å²) in [6.07, 6.45) is 0.171. The van der Waals surface area contributed by atoms with Gasteiger partial charge in [0.1, 0.15) is 5.82 Å². The predicted octanol–water partition coefficient (Wildman–Crippen LogP) is 2.82. The Balaban J connectivity index is 2.83. The number of carbonyl (C=O) groups is 1. The fourth-order valence-electron chi connectivity index (χ4n) is 1.24. The van der Waals surface area contributed by atoms with E-state index in [1.165, 1.54) is 19.2 Å². The van der Waals surface area contributed by atoms with Crippen molar-refractivity contribution in [2.45, 2.75) is 25.9 Å². The molecule has 82 valence electrons. The highest BCUT2D eigenvalue weighted by Crippen LogP contribution is 2.18. The molecule has 0 aliphatic carbocycles. The Hall–Kier alpha value is -1.22. The van der Waals surface area contributed by atoms with Crippen molar-refractivity contribution >= 4 is 5.78 Å². The quantitative estimate of drug-likeness (QED) is 0.714. The molecule has 1 aromatic carbocycles. The highest BCUT2D eigenvalue weighted by molar-refractivity contribution is 5.96. The van der Waals surface area contributed by atoms with Crippen LogP contribution in [-0.2, 0) is 4.74 Å². The van der Waals surface area contributed by atoms with Gasteiger partial charge in [-0.2, -0.15) is 0 Å². The van der Waals surface area contributed by atoms with Crippen LogP contribution in [0.1, 0.15) is 30.6 Å².